The monoisotopic (exact) mass is 614 g/mol. The maximum atomic E-state index is 6.61. The van der Waals surface area contributed by atoms with Crippen LogP contribution in [0.3, 0.4) is 0 Å². The standard InChI is InChI=1S/C45H30N2O/c1-45(2)35-21-19-27(46-37-15-7-3-11-29(37)30-12-4-8-16-38(30)46)25-33(35)43-36(45)22-24-42-44(43)34-26-28(20-23-41(34)48-42)47-39-17-9-5-13-31(39)32-14-6-10-18-40(32)47/h3-26H,1-2H3. The van der Waals surface area contributed by atoms with Crippen molar-refractivity contribution in [2.75, 3.05) is 0 Å². The van der Waals surface area contributed by atoms with Crippen LogP contribution >= 0.6 is 0 Å². The molecule has 3 aromatic heterocycles. The first-order chi connectivity index (χ1) is 23.6. The van der Waals surface area contributed by atoms with Gasteiger partial charge >= 0.3 is 0 Å². The molecular formula is C45H30N2O. The van der Waals surface area contributed by atoms with Crippen LogP contribution in [0.5, 0.6) is 0 Å². The van der Waals surface area contributed by atoms with Gasteiger partial charge in [0.1, 0.15) is 11.2 Å². The number of rotatable bonds is 2. The van der Waals surface area contributed by atoms with E-state index in [-0.39, 0.29) is 5.41 Å². The second-order valence-corrected chi connectivity index (χ2v) is 13.7. The summed E-state index contributed by atoms with van der Waals surface area (Å²) < 4.78 is 11.4. The second-order valence-electron chi connectivity index (χ2n) is 13.7. The molecule has 1 aliphatic rings. The molecule has 0 bridgehead atoms. The highest BCUT2D eigenvalue weighted by Crippen LogP contribution is 2.54. The van der Waals surface area contributed by atoms with Crippen LogP contribution in [0.1, 0.15) is 25.0 Å². The van der Waals surface area contributed by atoms with Gasteiger partial charge in [-0.15, -0.1) is 0 Å². The summed E-state index contributed by atoms with van der Waals surface area (Å²) in [5, 5.41) is 7.41. The average Bonchev–Trinajstić information content (AvgIpc) is 3.83. The fraction of sp³-hybridized carbons (Fsp3) is 0.0667. The average molecular weight is 615 g/mol. The predicted molar refractivity (Wildman–Crippen MR) is 200 cm³/mol. The van der Waals surface area contributed by atoms with Crippen LogP contribution in [-0.2, 0) is 5.41 Å². The quantitative estimate of drug-likeness (QED) is 0.190. The zero-order chi connectivity index (χ0) is 31.7. The first-order valence-electron chi connectivity index (χ1n) is 16.7. The van der Waals surface area contributed by atoms with E-state index in [1.165, 1.54) is 76.9 Å². The molecule has 1 aliphatic carbocycles. The fourth-order valence-electron chi connectivity index (χ4n) is 8.77. The van der Waals surface area contributed by atoms with Crippen molar-refractivity contribution in [3.05, 3.63) is 157 Å². The Labute approximate surface area is 276 Å². The summed E-state index contributed by atoms with van der Waals surface area (Å²) in [5.41, 5.74) is 14.1. The second kappa shape index (κ2) is 9.05. The van der Waals surface area contributed by atoms with E-state index < -0.39 is 0 Å². The van der Waals surface area contributed by atoms with Crippen molar-refractivity contribution in [2.24, 2.45) is 0 Å². The van der Waals surface area contributed by atoms with E-state index in [1.54, 1.807) is 0 Å². The van der Waals surface area contributed by atoms with Crippen molar-refractivity contribution in [2.45, 2.75) is 19.3 Å². The van der Waals surface area contributed by atoms with Gasteiger partial charge in [-0.25, -0.2) is 0 Å². The molecule has 0 spiro atoms. The summed E-state index contributed by atoms with van der Waals surface area (Å²) >= 11 is 0. The van der Waals surface area contributed by atoms with Crippen molar-refractivity contribution >= 4 is 65.6 Å². The smallest absolute Gasteiger partial charge is 0.136 e. The SMILES string of the molecule is CC1(C)c2ccc(-n3c4ccccc4c4ccccc43)cc2-c2c1ccc1oc3ccc(-n4c5ccccc5c5ccccc54)cc3c21. The van der Waals surface area contributed by atoms with Gasteiger partial charge in [-0.05, 0) is 82.9 Å². The molecular weight excluding hydrogens is 585 g/mol. The highest BCUT2D eigenvalue weighted by atomic mass is 16.3. The van der Waals surface area contributed by atoms with E-state index in [0.29, 0.717) is 0 Å². The first-order valence-corrected chi connectivity index (χ1v) is 16.7. The number of hydrogen-bond acceptors (Lipinski definition) is 1. The molecule has 7 aromatic carbocycles. The molecule has 0 N–H and O–H groups in total. The minimum absolute atomic E-state index is 0.147. The fourth-order valence-corrected chi connectivity index (χ4v) is 8.77. The van der Waals surface area contributed by atoms with E-state index in [2.05, 4.69) is 169 Å². The maximum Gasteiger partial charge on any atom is 0.136 e. The van der Waals surface area contributed by atoms with Crippen molar-refractivity contribution in [3.63, 3.8) is 0 Å². The van der Waals surface area contributed by atoms with Crippen LogP contribution in [0.4, 0.5) is 0 Å². The van der Waals surface area contributed by atoms with Gasteiger partial charge in [0.15, 0.2) is 0 Å². The van der Waals surface area contributed by atoms with Gasteiger partial charge in [-0.3, -0.25) is 0 Å². The van der Waals surface area contributed by atoms with E-state index in [9.17, 15) is 0 Å². The molecule has 0 fully saturated rings. The molecule has 3 heteroatoms. The summed E-state index contributed by atoms with van der Waals surface area (Å²) in [5.74, 6) is 0. The lowest BCUT2D eigenvalue weighted by atomic mass is 9.82. The minimum atomic E-state index is -0.147. The van der Waals surface area contributed by atoms with E-state index >= 15 is 0 Å². The third-order valence-electron chi connectivity index (χ3n) is 10.9. The maximum absolute atomic E-state index is 6.61. The topological polar surface area (TPSA) is 23.0 Å². The molecule has 0 saturated carbocycles. The lowest BCUT2D eigenvalue weighted by Gasteiger charge is -2.21. The summed E-state index contributed by atoms with van der Waals surface area (Å²) in [6.45, 7) is 4.71. The number of aromatic nitrogens is 2. The van der Waals surface area contributed by atoms with Crippen molar-refractivity contribution in [1.82, 2.24) is 9.13 Å². The number of hydrogen-bond donors (Lipinski definition) is 0. The Balaban J connectivity index is 1.20. The largest absolute Gasteiger partial charge is 0.456 e. The number of nitrogens with zero attached hydrogens (tertiary/aromatic N) is 2. The van der Waals surface area contributed by atoms with Crippen molar-refractivity contribution in [3.8, 4) is 22.5 Å². The van der Waals surface area contributed by atoms with Gasteiger partial charge in [0, 0.05) is 49.1 Å². The number of furan rings is 1. The molecule has 11 rings (SSSR count). The van der Waals surface area contributed by atoms with Crippen LogP contribution in [0.2, 0.25) is 0 Å². The Bertz CT molecular complexity index is 2880. The van der Waals surface area contributed by atoms with Gasteiger partial charge in [0.2, 0.25) is 0 Å². The summed E-state index contributed by atoms with van der Waals surface area (Å²) in [6, 6.07) is 53.1. The molecule has 0 amide bonds. The lowest BCUT2D eigenvalue weighted by Crippen LogP contribution is -2.14. The Morgan fingerprint density at radius 2 is 0.896 bits per heavy atom. The van der Waals surface area contributed by atoms with Crippen LogP contribution in [0, 0.1) is 0 Å². The van der Waals surface area contributed by atoms with E-state index in [1.807, 2.05) is 0 Å². The van der Waals surface area contributed by atoms with Gasteiger partial charge < -0.3 is 13.6 Å². The van der Waals surface area contributed by atoms with Gasteiger partial charge in [0.25, 0.3) is 0 Å². The molecule has 10 aromatic rings. The molecule has 0 unspecified atom stereocenters. The van der Waals surface area contributed by atoms with Crippen LogP contribution < -0.4 is 0 Å². The normalized spacial score (nSPS) is 13.8. The van der Waals surface area contributed by atoms with Crippen LogP contribution in [-0.4, -0.2) is 9.13 Å². The zero-order valence-electron chi connectivity index (χ0n) is 26.7. The van der Waals surface area contributed by atoms with Gasteiger partial charge in [0.05, 0.1) is 22.1 Å². The first kappa shape index (κ1) is 26.1. The zero-order valence-corrected chi connectivity index (χ0v) is 26.7. The molecule has 3 nitrogen and oxygen atoms in total. The van der Waals surface area contributed by atoms with Crippen LogP contribution in [0.25, 0.3) is 88.1 Å². The van der Waals surface area contributed by atoms with Crippen molar-refractivity contribution < 1.29 is 4.42 Å². The summed E-state index contributed by atoms with van der Waals surface area (Å²) in [7, 11) is 0. The molecule has 0 aliphatic heterocycles. The van der Waals surface area contributed by atoms with Gasteiger partial charge in [-0.1, -0.05) is 98.8 Å². The Morgan fingerprint density at radius 1 is 0.438 bits per heavy atom. The molecule has 48 heavy (non-hydrogen) atoms. The Hall–Kier alpha value is -6.06. The molecule has 3 heterocycles. The minimum Gasteiger partial charge on any atom is -0.456 e. The third-order valence-corrected chi connectivity index (χ3v) is 10.9. The van der Waals surface area contributed by atoms with Gasteiger partial charge in [-0.2, -0.15) is 0 Å². The number of benzene rings is 7. The highest BCUT2D eigenvalue weighted by Gasteiger charge is 2.38. The van der Waals surface area contributed by atoms with Crippen molar-refractivity contribution in [1.29, 1.82) is 0 Å². The lowest BCUT2D eigenvalue weighted by molar-refractivity contribution is 0.656. The Kier molecular flexibility index (Phi) is 4.91. The highest BCUT2D eigenvalue weighted by molar-refractivity contribution is 6.16. The summed E-state index contributed by atoms with van der Waals surface area (Å²) in [6.07, 6.45) is 0. The molecule has 0 atom stereocenters. The molecule has 0 saturated heterocycles. The summed E-state index contributed by atoms with van der Waals surface area (Å²) in [4.78, 5) is 0. The number of para-hydroxylation sites is 4. The Morgan fingerprint density at radius 3 is 1.46 bits per heavy atom. The molecule has 0 radical (unpaired) electrons. The predicted octanol–water partition coefficient (Wildman–Crippen LogP) is 12.1. The van der Waals surface area contributed by atoms with Crippen LogP contribution in [0.15, 0.2) is 150 Å². The van der Waals surface area contributed by atoms with E-state index in [0.717, 1.165) is 22.2 Å². The number of fused-ring (bicyclic) bond motifs is 13. The molecule has 226 valence electrons. The third kappa shape index (κ3) is 3.23. The van der Waals surface area contributed by atoms with E-state index in [4.69, 9.17) is 4.42 Å².